The van der Waals surface area contributed by atoms with Crippen LogP contribution in [0.15, 0.2) is 49.1 Å². The van der Waals surface area contributed by atoms with E-state index in [0.29, 0.717) is 0 Å². The molecule has 3 nitrogen and oxygen atoms in total. The molecule has 0 saturated heterocycles. The third-order valence-corrected chi connectivity index (χ3v) is 2.11. The van der Waals surface area contributed by atoms with Crippen molar-refractivity contribution in [1.82, 2.24) is 9.13 Å². The van der Waals surface area contributed by atoms with Gasteiger partial charge < -0.3 is 14.2 Å². The molecule has 0 spiro atoms. The van der Waals surface area contributed by atoms with Crippen molar-refractivity contribution in [3.8, 4) is 0 Å². The minimum absolute atomic E-state index is 0.0231. The molecule has 0 amide bonds. The smallest absolute Gasteiger partial charge is 0.132 e. The normalized spacial score (nSPS) is 10.9. The van der Waals surface area contributed by atoms with E-state index in [9.17, 15) is 5.11 Å². The van der Waals surface area contributed by atoms with Crippen molar-refractivity contribution < 1.29 is 5.11 Å². The average molecular weight is 176 g/mol. The Morgan fingerprint density at radius 3 is 1.54 bits per heavy atom. The van der Waals surface area contributed by atoms with Crippen LogP contribution in [-0.4, -0.2) is 20.8 Å². The molecule has 68 valence electrons. The molecule has 2 rings (SSSR count). The second-order valence-electron chi connectivity index (χ2n) is 2.92. The van der Waals surface area contributed by atoms with E-state index in [0.717, 1.165) is 0 Å². The number of hydrogen-bond donors (Lipinski definition) is 1. The van der Waals surface area contributed by atoms with Gasteiger partial charge in [-0.3, -0.25) is 0 Å². The van der Waals surface area contributed by atoms with Crippen LogP contribution < -0.4 is 0 Å². The third kappa shape index (κ3) is 1.51. The van der Waals surface area contributed by atoms with Gasteiger partial charge in [0.15, 0.2) is 0 Å². The molecule has 13 heavy (non-hydrogen) atoms. The molecule has 2 heterocycles. The van der Waals surface area contributed by atoms with Crippen LogP contribution in [-0.2, 0) is 0 Å². The van der Waals surface area contributed by atoms with E-state index < -0.39 is 0 Å². The molecule has 0 aromatic carbocycles. The highest BCUT2D eigenvalue weighted by molar-refractivity contribution is 4.98. The van der Waals surface area contributed by atoms with E-state index in [1.54, 1.807) is 0 Å². The first-order valence-corrected chi connectivity index (χ1v) is 4.27. The first-order chi connectivity index (χ1) is 6.42. The van der Waals surface area contributed by atoms with E-state index in [2.05, 4.69) is 0 Å². The lowest BCUT2D eigenvalue weighted by molar-refractivity contribution is 0.208. The molecule has 3 heteroatoms. The second kappa shape index (κ2) is 3.49. The Bertz CT molecular complexity index is 303. The first-order valence-electron chi connectivity index (χ1n) is 4.27. The van der Waals surface area contributed by atoms with Gasteiger partial charge in [0, 0.05) is 24.8 Å². The van der Waals surface area contributed by atoms with Crippen LogP contribution in [0.3, 0.4) is 0 Å². The monoisotopic (exact) mass is 176 g/mol. The van der Waals surface area contributed by atoms with E-state index in [1.807, 2.05) is 58.2 Å². The van der Waals surface area contributed by atoms with E-state index in [-0.39, 0.29) is 12.8 Å². The minimum atomic E-state index is -0.0231. The summed E-state index contributed by atoms with van der Waals surface area (Å²) in [5, 5.41) is 9.23. The third-order valence-electron chi connectivity index (χ3n) is 2.11. The second-order valence-corrected chi connectivity index (χ2v) is 2.92. The molecular weight excluding hydrogens is 164 g/mol. The number of aliphatic hydroxyl groups excluding tert-OH is 1. The summed E-state index contributed by atoms with van der Waals surface area (Å²) in [6, 6.07) is 7.80. The summed E-state index contributed by atoms with van der Waals surface area (Å²) in [7, 11) is 0. The predicted octanol–water partition coefficient (Wildman–Crippen LogP) is 1.33. The summed E-state index contributed by atoms with van der Waals surface area (Å²) in [5.41, 5.74) is 0. The van der Waals surface area contributed by atoms with Crippen molar-refractivity contribution in [2.75, 3.05) is 6.61 Å². The van der Waals surface area contributed by atoms with Crippen molar-refractivity contribution >= 4 is 0 Å². The van der Waals surface area contributed by atoms with Crippen LogP contribution in [0.5, 0.6) is 0 Å². The Hall–Kier alpha value is -1.48. The fraction of sp³-hybridized carbons (Fsp3) is 0.200. The topological polar surface area (TPSA) is 30.1 Å². The lowest BCUT2D eigenvalue weighted by atomic mass is 10.5. The molecule has 0 atom stereocenters. The van der Waals surface area contributed by atoms with Gasteiger partial charge in [0.2, 0.25) is 0 Å². The summed E-state index contributed by atoms with van der Waals surface area (Å²) in [6.07, 6.45) is 7.76. The van der Waals surface area contributed by atoms with E-state index in [4.69, 9.17) is 0 Å². The number of hydrogen-bond acceptors (Lipinski definition) is 1. The van der Waals surface area contributed by atoms with Crippen LogP contribution in [0.1, 0.15) is 6.17 Å². The van der Waals surface area contributed by atoms with Crippen LogP contribution in [0.2, 0.25) is 0 Å². The fourth-order valence-electron chi connectivity index (χ4n) is 1.44. The van der Waals surface area contributed by atoms with Gasteiger partial charge in [-0.15, -0.1) is 0 Å². The summed E-state index contributed by atoms with van der Waals surface area (Å²) in [4.78, 5) is 0. The van der Waals surface area contributed by atoms with Crippen molar-refractivity contribution in [3.63, 3.8) is 0 Å². The van der Waals surface area contributed by atoms with Crippen molar-refractivity contribution in [2.45, 2.75) is 6.17 Å². The lowest BCUT2D eigenvalue weighted by Gasteiger charge is -2.17. The highest BCUT2D eigenvalue weighted by Crippen LogP contribution is 2.09. The zero-order valence-corrected chi connectivity index (χ0v) is 7.24. The van der Waals surface area contributed by atoms with Gasteiger partial charge in [0.1, 0.15) is 6.17 Å². The minimum Gasteiger partial charge on any atom is -0.392 e. The van der Waals surface area contributed by atoms with Crippen LogP contribution >= 0.6 is 0 Å². The van der Waals surface area contributed by atoms with Crippen LogP contribution in [0, 0.1) is 0 Å². The van der Waals surface area contributed by atoms with Gasteiger partial charge in [-0.2, -0.15) is 0 Å². The maximum Gasteiger partial charge on any atom is 0.132 e. The maximum atomic E-state index is 9.23. The highest BCUT2D eigenvalue weighted by atomic mass is 16.3. The van der Waals surface area contributed by atoms with Crippen molar-refractivity contribution in [3.05, 3.63) is 49.1 Å². The molecule has 2 aromatic rings. The molecule has 1 N–H and O–H groups in total. The molecule has 0 unspecified atom stereocenters. The van der Waals surface area contributed by atoms with E-state index >= 15 is 0 Å². The molecule has 2 aromatic heterocycles. The molecule has 0 fully saturated rings. The zero-order valence-electron chi connectivity index (χ0n) is 7.24. The van der Waals surface area contributed by atoms with Crippen LogP contribution in [0.25, 0.3) is 0 Å². The van der Waals surface area contributed by atoms with Crippen molar-refractivity contribution in [1.29, 1.82) is 0 Å². The molecule has 0 saturated carbocycles. The standard InChI is InChI=1S/C10H12N2O/c13-9-10(11-5-1-2-6-11)12-7-3-4-8-12/h1-8,10,13H,9H2. The number of aliphatic hydroxyl groups is 1. The molecular formula is C10H12N2O. The van der Waals surface area contributed by atoms with Gasteiger partial charge >= 0.3 is 0 Å². The van der Waals surface area contributed by atoms with Gasteiger partial charge in [0.05, 0.1) is 6.61 Å². The predicted molar refractivity (Wildman–Crippen MR) is 50.4 cm³/mol. The number of rotatable bonds is 3. The fourth-order valence-corrected chi connectivity index (χ4v) is 1.44. The zero-order chi connectivity index (χ0) is 9.10. The van der Waals surface area contributed by atoms with Gasteiger partial charge in [0.25, 0.3) is 0 Å². The number of aromatic nitrogens is 2. The summed E-state index contributed by atoms with van der Waals surface area (Å²) < 4.78 is 3.94. The molecule has 0 bridgehead atoms. The van der Waals surface area contributed by atoms with Gasteiger partial charge in [-0.25, -0.2) is 0 Å². The molecule has 0 aliphatic carbocycles. The number of nitrogens with zero attached hydrogens (tertiary/aromatic N) is 2. The molecule has 0 aliphatic heterocycles. The van der Waals surface area contributed by atoms with Crippen molar-refractivity contribution in [2.24, 2.45) is 0 Å². The average Bonchev–Trinajstić information content (AvgIpc) is 2.76. The SMILES string of the molecule is OCC(n1cccc1)n1cccc1. The quantitative estimate of drug-likeness (QED) is 0.751. The van der Waals surface area contributed by atoms with Crippen LogP contribution in [0.4, 0.5) is 0 Å². The largest absolute Gasteiger partial charge is 0.392 e. The Kier molecular flexibility index (Phi) is 2.19. The van der Waals surface area contributed by atoms with E-state index in [1.165, 1.54) is 0 Å². The lowest BCUT2D eigenvalue weighted by Crippen LogP contribution is -2.18. The summed E-state index contributed by atoms with van der Waals surface area (Å²) in [6.45, 7) is 0.101. The Balaban J connectivity index is 2.29. The Morgan fingerprint density at radius 2 is 1.23 bits per heavy atom. The molecule has 0 radical (unpaired) electrons. The maximum absolute atomic E-state index is 9.23. The van der Waals surface area contributed by atoms with Gasteiger partial charge in [-0.05, 0) is 24.3 Å². The Morgan fingerprint density at radius 1 is 0.846 bits per heavy atom. The summed E-state index contributed by atoms with van der Waals surface area (Å²) >= 11 is 0. The highest BCUT2D eigenvalue weighted by Gasteiger charge is 2.07. The van der Waals surface area contributed by atoms with Gasteiger partial charge in [-0.1, -0.05) is 0 Å². The molecule has 0 aliphatic rings. The Labute approximate surface area is 76.9 Å². The first kappa shape index (κ1) is 8.13. The summed E-state index contributed by atoms with van der Waals surface area (Å²) in [5.74, 6) is 0.